The van der Waals surface area contributed by atoms with Crippen LogP contribution < -0.4 is 11.1 Å². The number of hydrogen-bond acceptors (Lipinski definition) is 3. The number of hydrogen-bond donors (Lipinski definition) is 3. The third-order valence-corrected chi connectivity index (χ3v) is 2.44. The molecule has 0 aliphatic carbocycles. The zero-order chi connectivity index (χ0) is 13.7. The molecule has 0 fully saturated rings. The van der Waals surface area contributed by atoms with Gasteiger partial charge in [-0.1, -0.05) is 19.9 Å². The number of aromatic carboxylic acids is 1. The first-order chi connectivity index (χ1) is 8.40. The molecule has 0 saturated carbocycles. The Morgan fingerprint density at radius 1 is 1.39 bits per heavy atom. The summed E-state index contributed by atoms with van der Waals surface area (Å²) in [5, 5.41) is 11.4. The van der Waals surface area contributed by atoms with E-state index in [-0.39, 0.29) is 11.5 Å². The quantitative estimate of drug-likeness (QED) is 0.741. The second kappa shape index (κ2) is 6.16. The Morgan fingerprint density at radius 3 is 2.61 bits per heavy atom. The number of nitrogens with two attached hydrogens (primary N) is 1. The minimum atomic E-state index is -1.03. The zero-order valence-corrected chi connectivity index (χ0v) is 10.5. The molecule has 0 aliphatic heterocycles. The molecule has 5 nitrogen and oxygen atoms in total. The van der Waals surface area contributed by atoms with Crippen LogP contribution in [0.5, 0.6) is 0 Å². The van der Waals surface area contributed by atoms with E-state index in [0.717, 1.165) is 0 Å². The monoisotopic (exact) mass is 250 g/mol. The Labute approximate surface area is 106 Å². The molecule has 1 rings (SSSR count). The molecule has 1 aromatic carbocycles. The molecule has 0 aliphatic rings. The Hall–Kier alpha value is -1.88. The summed E-state index contributed by atoms with van der Waals surface area (Å²) in [7, 11) is 0. The van der Waals surface area contributed by atoms with Crippen molar-refractivity contribution < 1.29 is 14.7 Å². The van der Waals surface area contributed by atoms with E-state index >= 15 is 0 Å². The van der Waals surface area contributed by atoms with Gasteiger partial charge >= 0.3 is 5.97 Å². The third-order valence-electron chi connectivity index (χ3n) is 2.44. The van der Waals surface area contributed by atoms with Crippen molar-refractivity contribution in [2.45, 2.75) is 26.3 Å². The number of anilines is 1. The SMILES string of the molecule is CC(C)C[C@H](N)C(=O)Nc1cccc(C(=O)O)c1. The first kappa shape index (κ1) is 14.2. The van der Waals surface area contributed by atoms with Crippen molar-refractivity contribution in [3.8, 4) is 0 Å². The fraction of sp³-hybridized carbons (Fsp3) is 0.385. The van der Waals surface area contributed by atoms with Gasteiger partial charge in [0.2, 0.25) is 5.91 Å². The Morgan fingerprint density at radius 2 is 2.06 bits per heavy atom. The fourth-order valence-electron chi connectivity index (χ4n) is 1.58. The summed E-state index contributed by atoms with van der Waals surface area (Å²) in [5.74, 6) is -1.00. The van der Waals surface area contributed by atoms with Gasteiger partial charge in [0.1, 0.15) is 0 Å². The highest BCUT2D eigenvalue weighted by atomic mass is 16.4. The van der Waals surface area contributed by atoms with E-state index in [1.165, 1.54) is 12.1 Å². The van der Waals surface area contributed by atoms with Crippen molar-refractivity contribution in [2.24, 2.45) is 11.7 Å². The van der Waals surface area contributed by atoms with Gasteiger partial charge in [-0.2, -0.15) is 0 Å². The van der Waals surface area contributed by atoms with E-state index in [9.17, 15) is 9.59 Å². The van der Waals surface area contributed by atoms with E-state index in [4.69, 9.17) is 10.8 Å². The smallest absolute Gasteiger partial charge is 0.335 e. The summed E-state index contributed by atoms with van der Waals surface area (Å²) in [6.45, 7) is 3.97. The van der Waals surface area contributed by atoms with Crippen molar-refractivity contribution in [2.75, 3.05) is 5.32 Å². The maximum atomic E-state index is 11.7. The molecule has 0 heterocycles. The van der Waals surface area contributed by atoms with Gasteiger partial charge in [-0.3, -0.25) is 4.79 Å². The highest BCUT2D eigenvalue weighted by molar-refractivity contribution is 5.96. The molecule has 0 bridgehead atoms. The number of nitrogens with one attached hydrogen (secondary N) is 1. The second-order valence-electron chi connectivity index (χ2n) is 4.61. The second-order valence-corrected chi connectivity index (χ2v) is 4.61. The maximum absolute atomic E-state index is 11.7. The summed E-state index contributed by atoms with van der Waals surface area (Å²) < 4.78 is 0. The number of carboxylic acids is 1. The van der Waals surface area contributed by atoms with Gasteiger partial charge in [-0.25, -0.2) is 4.79 Å². The maximum Gasteiger partial charge on any atom is 0.335 e. The van der Waals surface area contributed by atoms with Gasteiger partial charge in [0, 0.05) is 5.69 Å². The average molecular weight is 250 g/mol. The van der Waals surface area contributed by atoms with Crippen LogP contribution in [0.4, 0.5) is 5.69 Å². The summed E-state index contributed by atoms with van der Waals surface area (Å²) in [4.78, 5) is 22.5. The molecule has 0 saturated heterocycles. The molecule has 5 heteroatoms. The molecule has 1 atom stereocenters. The van der Waals surface area contributed by atoms with Gasteiger partial charge in [0.05, 0.1) is 11.6 Å². The third kappa shape index (κ3) is 4.18. The van der Waals surface area contributed by atoms with E-state index in [2.05, 4.69) is 5.32 Å². The van der Waals surface area contributed by atoms with Crippen LogP contribution in [0.25, 0.3) is 0 Å². The van der Waals surface area contributed by atoms with Gasteiger partial charge in [0.15, 0.2) is 0 Å². The van der Waals surface area contributed by atoms with Gasteiger partial charge < -0.3 is 16.2 Å². The first-order valence-corrected chi connectivity index (χ1v) is 5.80. The lowest BCUT2D eigenvalue weighted by molar-refractivity contribution is -0.117. The normalized spacial score (nSPS) is 12.2. The molecular weight excluding hydrogens is 232 g/mol. The van der Waals surface area contributed by atoms with Gasteiger partial charge in [-0.05, 0) is 30.5 Å². The van der Waals surface area contributed by atoms with Gasteiger partial charge in [-0.15, -0.1) is 0 Å². The average Bonchev–Trinajstić information content (AvgIpc) is 2.28. The van der Waals surface area contributed by atoms with Crippen LogP contribution in [0.1, 0.15) is 30.6 Å². The standard InChI is InChI=1S/C13H18N2O3/c1-8(2)6-11(14)12(16)15-10-5-3-4-9(7-10)13(17)18/h3-5,7-8,11H,6,14H2,1-2H3,(H,15,16)(H,17,18)/t11-/m0/s1. The van der Waals surface area contributed by atoms with Crippen LogP contribution >= 0.6 is 0 Å². The van der Waals surface area contributed by atoms with E-state index in [1.807, 2.05) is 13.8 Å². The molecule has 18 heavy (non-hydrogen) atoms. The van der Waals surface area contributed by atoms with E-state index in [0.29, 0.717) is 18.0 Å². The molecule has 0 aromatic heterocycles. The highest BCUT2D eigenvalue weighted by Gasteiger charge is 2.15. The van der Waals surface area contributed by atoms with Crippen LogP contribution in [0, 0.1) is 5.92 Å². The number of carbonyl (C=O) groups is 2. The molecule has 1 amide bonds. The summed E-state index contributed by atoms with van der Waals surface area (Å²) in [6, 6.07) is 5.49. The van der Waals surface area contributed by atoms with Crippen molar-refractivity contribution >= 4 is 17.6 Å². The molecule has 0 spiro atoms. The van der Waals surface area contributed by atoms with Crippen LogP contribution in [-0.4, -0.2) is 23.0 Å². The largest absolute Gasteiger partial charge is 0.478 e. The lowest BCUT2D eigenvalue weighted by Gasteiger charge is -2.14. The Bertz CT molecular complexity index is 444. The van der Waals surface area contributed by atoms with Crippen molar-refractivity contribution in [3.05, 3.63) is 29.8 Å². The molecular formula is C13H18N2O3. The van der Waals surface area contributed by atoms with Crippen LogP contribution in [0.2, 0.25) is 0 Å². The minimum Gasteiger partial charge on any atom is -0.478 e. The van der Waals surface area contributed by atoms with Crippen molar-refractivity contribution in [3.63, 3.8) is 0 Å². The Kier molecular flexibility index (Phi) is 4.85. The lowest BCUT2D eigenvalue weighted by atomic mass is 10.0. The van der Waals surface area contributed by atoms with Crippen molar-refractivity contribution in [1.29, 1.82) is 0 Å². The van der Waals surface area contributed by atoms with Crippen LogP contribution in [-0.2, 0) is 4.79 Å². The summed E-state index contributed by atoms with van der Waals surface area (Å²) >= 11 is 0. The lowest BCUT2D eigenvalue weighted by Crippen LogP contribution is -2.36. The number of carboxylic acid groups (broad SMARTS) is 1. The number of amides is 1. The van der Waals surface area contributed by atoms with E-state index in [1.54, 1.807) is 12.1 Å². The molecule has 0 unspecified atom stereocenters. The van der Waals surface area contributed by atoms with Crippen LogP contribution in [0.3, 0.4) is 0 Å². The molecule has 1 aromatic rings. The number of rotatable bonds is 5. The topological polar surface area (TPSA) is 92.4 Å². The number of carbonyl (C=O) groups excluding carboxylic acids is 1. The summed E-state index contributed by atoms with van der Waals surface area (Å²) in [6.07, 6.45) is 0.588. The van der Waals surface area contributed by atoms with E-state index < -0.39 is 12.0 Å². The van der Waals surface area contributed by atoms with Crippen LogP contribution in [0.15, 0.2) is 24.3 Å². The highest BCUT2D eigenvalue weighted by Crippen LogP contribution is 2.12. The van der Waals surface area contributed by atoms with Gasteiger partial charge in [0.25, 0.3) is 0 Å². The zero-order valence-electron chi connectivity index (χ0n) is 10.5. The fourth-order valence-corrected chi connectivity index (χ4v) is 1.58. The minimum absolute atomic E-state index is 0.130. The summed E-state index contributed by atoms with van der Waals surface area (Å²) in [5.41, 5.74) is 6.31. The molecule has 4 N–H and O–H groups in total. The first-order valence-electron chi connectivity index (χ1n) is 5.80. The predicted octanol–water partition coefficient (Wildman–Crippen LogP) is 1.70. The number of benzene rings is 1. The molecule has 98 valence electrons. The molecule has 0 radical (unpaired) electrons. The predicted molar refractivity (Wildman–Crippen MR) is 69.5 cm³/mol. The van der Waals surface area contributed by atoms with Crippen molar-refractivity contribution in [1.82, 2.24) is 0 Å². The Balaban J connectivity index is 2.70.